The molecule has 0 bridgehead atoms. The van der Waals surface area contributed by atoms with Crippen molar-refractivity contribution >= 4 is 0 Å². The number of rotatable bonds is 6. The van der Waals surface area contributed by atoms with E-state index < -0.39 is 6.10 Å². The van der Waals surface area contributed by atoms with Crippen LogP contribution in [-0.2, 0) is 9.47 Å². The number of aliphatic hydroxyl groups is 1. The van der Waals surface area contributed by atoms with E-state index >= 15 is 0 Å². The van der Waals surface area contributed by atoms with Gasteiger partial charge in [-0.25, -0.2) is 0 Å². The van der Waals surface area contributed by atoms with Gasteiger partial charge in [-0.1, -0.05) is 12.0 Å². The number of hydrogen-bond donors (Lipinski definition) is 1. The lowest BCUT2D eigenvalue weighted by atomic mass is 10.4. The third kappa shape index (κ3) is 7.38. The minimum atomic E-state index is -0.622. The van der Waals surface area contributed by atoms with E-state index in [2.05, 4.69) is 5.92 Å². The molecule has 1 unspecified atom stereocenters. The van der Waals surface area contributed by atoms with E-state index in [1.807, 2.05) is 19.9 Å². The van der Waals surface area contributed by atoms with Gasteiger partial charge in [-0.2, -0.15) is 0 Å². The summed E-state index contributed by atoms with van der Waals surface area (Å²) in [5.74, 6) is 3.10. The molecule has 0 radical (unpaired) electrons. The number of ether oxygens (including phenoxy) is 2. The highest BCUT2D eigenvalue weighted by atomic mass is 16.5. The Balaban J connectivity index is 3.41. The van der Waals surface area contributed by atoms with Gasteiger partial charge in [0, 0.05) is 0 Å². The van der Waals surface area contributed by atoms with Crippen molar-refractivity contribution in [3.05, 3.63) is 11.8 Å². The molecule has 1 atom stereocenters. The van der Waals surface area contributed by atoms with E-state index in [-0.39, 0.29) is 19.8 Å². The van der Waals surface area contributed by atoms with Crippen LogP contribution in [0, 0.1) is 12.3 Å². The average Bonchev–Trinajstić information content (AvgIpc) is 2.14. The quantitative estimate of drug-likeness (QED) is 0.379. The molecule has 3 nitrogen and oxygen atoms in total. The Morgan fingerprint density at radius 1 is 1.62 bits per heavy atom. The lowest BCUT2D eigenvalue weighted by molar-refractivity contribution is 0.00620. The van der Waals surface area contributed by atoms with Crippen LogP contribution >= 0.6 is 0 Å². The molecule has 0 heterocycles. The summed E-state index contributed by atoms with van der Waals surface area (Å²) >= 11 is 0. The second-order valence-electron chi connectivity index (χ2n) is 2.58. The van der Waals surface area contributed by atoms with Crippen molar-refractivity contribution in [3.63, 3.8) is 0 Å². The van der Waals surface area contributed by atoms with Gasteiger partial charge in [0.2, 0.25) is 0 Å². The minimum absolute atomic E-state index is 0.210. The molecule has 0 aliphatic heterocycles. The highest BCUT2D eigenvalue weighted by Crippen LogP contribution is 1.96. The molecule has 0 spiro atoms. The van der Waals surface area contributed by atoms with Crippen molar-refractivity contribution in [3.8, 4) is 12.3 Å². The molecular weight excluding hydrogens is 168 g/mol. The summed E-state index contributed by atoms with van der Waals surface area (Å²) < 4.78 is 10.1. The number of aliphatic hydroxyl groups excluding tert-OH is 1. The Morgan fingerprint density at radius 2 is 2.31 bits per heavy atom. The van der Waals surface area contributed by atoms with Crippen LogP contribution in [0.15, 0.2) is 11.8 Å². The Bertz CT molecular complexity index is 191. The average molecular weight is 184 g/mol. The van der Waals surface area contributed by atoms with Crippen LogP contribution in [0.1, 0.15) is 13.8 Å². The van der Waals surface area contributed by atoms with Gasteiger partial charge in [-0.3, -0.25) is 0 Å². The summed E-state index contributed by atoms with van der Waals surface area (Å²) in [7, 11) is 0. The normalized spacial score (nSPS) is 13.5. The predicted octanol–water partition coefficient (Wildman–Crippen LogP) is 0.937. The van der Waals surface area contributed by atoms with Crippen LogP contribution < -0.4 is 0 Å². The summed E-state index contributed by atoms with van der Waals surface area (Å²) in [6.45, 7) is 4.37. The van der Waals surface area contributed by atoms with Crippen LogP contribution in [0.4, 0.5) is 0 Å². The van der Waals surface area contributed by atoms with Crippen molar-refractivity contribution in [2.45, 2.75) is 20.0 Å². The van der Waals surface area contributed by atoms with Gasteiger partial charge in [-0.05, 0) is 13.8 Å². The number of terminal acetylenes is 1. The molecule has 0 aliphatic rings. The first-order chi connectivity index (χ1) is 6.20. The first-order valence-electron chi connectivity index (χ1n) is 4.15. The maximum absolute atomic E-state index is 9.27. The first kappa shape index (κ1) is 12.0. The monoisotopic (exact) mass is 184 g/mol. The van der Waals surface area contributed by atoms with E-state index in [9.17, 15) is 5.11 Å². The summed E-state index contributed by atoms with van der Waals surface area (Å²) in [5, 5.41) is 9.27. The van der Waals surface area contributed by atoms with Crippen LogP contribution in [-0.4, -0.2) is 31.0 Å². The van der Waals surface area contributed by atoms with Gasteiger partial charge < -0.3 is 14.6 Å². The summed E-state index contributed by atoms with van der Waals surface area (Å²) in [6, 6.07) is 0. The molecule has 0 aromatic heterocycles. The largest absolute Gasteiger partial charge is 0.496 e. The lowest BCUT2D eigenvalue weighted by Gasteiger charge is -2.11. The fraction of sp³-hybridized carbons (Fsp3) is 0.600. The van der Waals surface area contributed by atoms with Gasteiger partial charge in [0.1, 0.15) is 19.3 Å². The molecule has 3 heteroatoms. The third-order valence-electron chi connectivity index (χ3n) is 1.41. The van der Waals surface area contributed by atoms with Crippen molar-refractivity contribution in [1.82, 2.24) is 0 Å². The van der Waals surface area contributed by atoms with Gasteiger partial charge in [0.25, 0.3) is 0 Å². The standard InChI is InChI=1S/C10H16O3/c1-4-6-12-7-10(11)8-13-9(3)5-2/h1,5,10-11H,6-8H2,2-3H3. The molecule has 0 aromatic rings. The first-order valence-corrected chi connectivity index (χ1v) is 4.15. The van der Waals surface area contributed by atoms with E-state index in [1.165, 1.54) is 0 Å². The molecule has 74 valence electrons. The molecule has 1 N–H and O–H groups in total. The number of allylic oxidation sites excluding steroid dienone is 2. The second kappa shape index (κ2) is 7.66. The van der Waals surface area contributed by atoms with Gasteiger partial charge >= 0.3 is 0 Å². The fourth-order valence-corrected chi connectivity index (χ4v) is 0.613. The van der Waals surface area contributed by atoms with Crippen molar-refractivity contribution < 1.29 is 14.6 Å². The van der Waals surface area contributed by atoms with Gasteiger partial charge in [0.15, 0.2) is 0 Å². The molecular formula is C10H16O3. The summed E-state index contributed by atoms with van der Waals surface area (Å²) in [4.78, 5) is 0. The topological polar surface area (TPSA) is 38.7 Å². The van der Waals surface area contributed by atoms with Gasteiger partial charge in [0.05, 0.1) is 12.4 Å². The fourth-order valence-electron chi connectivity index (χ4n) is 0.613. The Hall–Kier alpha value is -0.980. The summed E-state index contributed by atoms with van der Waals surface area (Å²) in [5.41, 5.74) is 0. The van der Waals surface area contributed by atoms with Crippen molar-refractivity contribution in [2.75, 3.05) is 19.8 Å². The Labute approximate surface area is 79.4 Å². The maximum atomic E-state index is 9.27. The minimum Gasteiger partial charge on any atom is -0.496 e. The maximum Gasteiger partial charge on any atom is 0.116 e. The molecule has 0 rings (SSSR count). The molecule has 0 saturated heterocycles. The summed E-state index contributed by atoms with van der Waals surface area (Å²) in [6.07, 6.45) is 6.17. The zero-order valence-electron chi connectivity index (χ0n) is 8.12. The third-order valence-corrected chi connectivity index (χ3v) is 1.41. The zero-order chi connectivity index (χ0) is 10.1. The van der Waals surface area contributed by atoms with E-state index in [0.29, 0.717) is 0 Å². The van der Waals surface area contributed by atoms with Crippen LogP contribution in [0.5, 0.6) is 0 Å². The molecule has 0 saturated carbocycles. The van der Waals surface area contributed by atoms with Crippen LogP contribution in [0.25, 0.3) is 0 Å². The Kier molecular flexibility index (Phi) is 7.08. The highest BCUT2D eigenvalue weighted by Gasteiger charge is 2.03. The molecule has 0 fully saturated rings. The van der Waals surface area contributed by atoms with Crippen molar-refractivity contribution in [2.24, 2.45) is 0 Å². The lowest BCUT2D eigenvalue weighted by Crippen LogP contribution is -2.21. The van der Waals surface area contributed by atoms with E-state index in [4.69, 9.17) is 15.9 Å². The van der Waals surface area contributed by atoms with Crippen molar-refractivity contribution in [1.29, 1.82) is 0 Å². The van der Waals surface area contributed by atoms with Gasteiger partial charge in [-0.15, -0.1) is 6.42 Å². The molecule has 0 amide bonds. The second-order valence-corrected chi connectivity index (χ2v) is 2.58. The SMILES string of the molecule is C#CCOCC(O)COC(C)=CC. The van der Waals surface area contributed by atoms with E-state index in [0.717, 1.165) is 5.76 Å². The van der Waals surface area contributed by atoms with Crippen LogP contribution in [0.2, 0.25) is 0 Å². The number of hydrogen-bond acceptors (Lipinski definition) is 3. The smallest absolute Gasteiger partial charge is 0.116 e. The zero-order valence-corrected chi connectivity index (χ0v) is 8.12. The molecule has 0 aromatic carbocycles. The molecule has 0 aliphatic carbocycles. The Morgan fingerprint density at radius 3 is 2.85 bits per heavy atom. The molecule has 13 heavy (non-hydrogen) atoms. The predicted molar refractivity (Wildman–Crippen MR) is 51.0 cm³/mol. The highest BCUT2D eigenvalue weighted by molar-refractivity contribution is 4.85. The van der Waals surface area contributed by atoms with E-state index in [1.54, 1.807) is 0 Å². The van der Waals surface area contributed by atoms with Crippen LogP contribution in [0.3, 0.4) is 0 Å².